The van der Waals surface area contributed by atoms with Crippen molar-refractivity contribution in [2.24, 2.45) is 0 Å². The first kappa shape index (κ1) is 21.8. The number of nitrogens with one attached hydrogen (secondary N) is 1. The highest BCUT2D eigenvalue weighted by Crippen LogP contribution is 2.20. The minimum atomic E-state index is -0.318. The molecule has 0 radical (unpaired) electrons. The van der Waals surface area contributed by atoms with Crippen molar-refractivity contribution < 1.29 is 4.74 Å². The lowest BCUT2D eigenvalue weighted by Crippen LogP contribution is -2.26. The van der Waals surface area contributed by atoms with Gasteiger partial charge in [-0.3, -0.25) is 14.2 Å². The summed E-state index contributed by atoms with van der Waals surface area (Å²) in [4.78, 5) is 35.5. The Labute approximate surface area is 203 Å². The van der Waals surface area contributed by atoms with Gasteiger partial charge in [-0.2, -0.15) is 4.98 Å². The van der Waals surface area contributed by atoms with Crippen molar-refractivity contribution in [2.45, 2.75) is 36.4 Å². The fraction of sp³-hybridized carbons (Fsp3) is 0.240. The smallest absolute Gasteiger partial charge is 0.266 e. The molecule has 1 aromatic carbocycles. The van der Waals surface area contributed by atoms with E-state index in [0.29, 0.717) is 39.5 Å². The van der Waals surface area contributed by atoms with Crippen LogP contribution in [0.1, 0.15) is 18.4 Å². The van der Waals surface area contributed by atoms with E-state index in [9.17, 15) is 9.59 Å². The van der Waals surface area contributed by atoms with Gasteiger partial charge in [-0.1, -0.05) is 42.1 Å². The summed E-state index contributed by atoms with van der Waals surface area (Å²) >= 11 is 1.48. The molecule has 1 atom stereocenters. The van der Waals surface area contributed by atoms with Crippen LogP contribution in [0.3, 0.4) is 0 Å². The third-order valence-electron chi connectivity index (χ3n) is 6.13. The van der Waals surface area contributed by atoms with Crippen LogP contribution in [-0.2, 0) is 17.0 Å². The van der Waals surface area contributed by atoms with E-state index in [-0.39, 0.29) is 17.2 Å². The Morgan fingerprint density at radius 1 is 1.00 bits per heavy atom. The van der Waals surface area contributed by atoms with Gasteiger partial charge in [0.1, 0.15) is 0 Å². The van der Waals surface area contributed by atoms with Crippen molar-refractivity contribution in [3.05, 3.63) is 87.2 Å². The predicted molar refractivity (Wildman–Crippen MR) is 134 cm³/mol. The van der Waals surface area contributed by atoms with Gasteiger partial charge < -0.3 is 9.30 Å². The number of hydrogen-bond donors (Lipinski definition) is 1. The van der Waals surface area contributed by atoms with Gasteiger partial charge in [0.05, 0.1) is 34.5 Å². The summed E-state index contributed by atoms with van der Waals surface area (Å²) in [6, 6.07) is 15.2. The van der Waals surface area contributed by atoms with E-state index in [0.717, 1.165) is 30.8 Å². The largest absolute Gasteiger partial charge is 0.376 e. The Balaban J connectivity index is 1.34. The fourth-order valence-electron chi connectivity index (χ4n) is 4.32. The molecule has 4 aromatic heterocycles. The molecule has 1 fully saturated rings. The molecule has 176 valence electrons. The summed E-state index contributed by atoms with van der Waals surface area (Å²) in [5.41, 5.74) is 1.74. The summed E-state index contributed by atoms with van der Waals surface area (Å²) in [7, 11) is 0. The second-order valence-corrected chi connectivity index (χ2v) is 9.41. The molecule has 9 nitrogen and oxygen atoms in total. The average molecular weight is 487 g/mol. The normalized spacial score (nSPS) is 15.8. The highest BCUT2D eigenvalue weighted by atomic mass is 32.2. The van der Waals surface area contributed by atoms with Crippen molar-refractivity contribution in [1.29, 1.82) is 0 Å². The van der Waals surface area contributed by atoms with Gasteiger partial charge in [0.25, 0.3) is 11.1 Å². The number of thioether (sulfide) groups is 1. The van der Waals surface area contributed by atoms with Crippen molar-refractivity contribution >= 4 is 33.6 Å². The minimum Gasteiger partial charge on any atom is -0.376 e. The van der Waals surface area contributed by atoms with Crippen molar-refractivity contribution in [3.63, 3.8) is 0 Å². The molecular formula is C25H22N6O3S. The first-order valence-electron chi connectivity index (χ1n) is 11.4. The zero-order valence-electron chi connectivity index (χ0n) is 18.8. The summed E-state index contributed by atoms with van der Waals surface area (Å²) in [6.07, 6.45) is 5.35. The van der Waals surface area contributed by atoms with Crippen LogP contribution in [-0.4, -0.2) is 42.0 Å². The van der Waals surface area contributed by atoms with E-state index in [1.54, 1.807) is 29.1 Å². The zero-order chi connectivity index (χ0) is 23.8. The molecule has 1 N–H and O–H groups in total. The number of pyridine rings is 3. The number of aromatic amines is 1. The Kier molecular flexibility index (Phi) is 5.67. The van der Waals surface area contributed by atoms with E-state index < -0.39 is 0 Å². The van der Waals surface area contributed by atoms with E-state index >= 15 is 0 Å². The Morgan fingerprint density at radius 2 is 1.80 bits per heavy atom. The van der Waals surface area contributed by atoms with Gasteiger partial charge in [-0.25, -0.2) is 10.1 Å². The molecule has 5 heterocycles. The quantitative estimate of drug-likeness (QED) is 0.290. The second kappa shape index (κ2) is 9.12. The topological polar surface area (TPSA) is 108 Å². The third kappa shape index (κ3) is 4.26. The highest BCUT2D eigenvalue weighted by Gasteiger charge is 2.18. The monoisotopic (exact) mass is 486 g/mol. The lowest BCUT2D eigenvalue weighted by atomic mass is 10.2. The van der Waals surface area contributed by atoms with Crippen LogP contribution in [0, 0.1) is 0 Å². The number of hydrogen-bond acceptors (Lipinski definition) is 7. The SMILES string of the molecule is O=c1c2cc3c(=O)n(-c4nc(SCc5ccccc5)n[nH]4)ccc3nc2ccn1CC1CCCO1. The van der Waals surface area contributed by atoms with Crippen LogP contribution in [0.4, 0.5) is 0 Å². The summed E-state index contributed by atoms with van der Waals surface area (Å²) in [6.45, 7) is 1.22. The molecule has 1 aliphatic heterocycles. The van der Waals surface area contributed by atoms with Crippen LogP contribution >= 0.6 is 11.8 Å². The van der Waals surface area contributed by atoms with Gasteiger partial charge >= 0.3 is 0 Å². The average Bonchev–Trinajstić information content (AvgIpc) is 3.57. The van der Waals surface area contributed by atoms with Crippen molar-refractivity contribution in [3.8, 4) is 5.95 Å². The molecule has 0 aliphatic carbocycles. The zero-order valence-corrected chi connectivity index (χ0v) is 19.6. The van der Waals surface area contributed by atoms with Gasteiger partial charge in [0.15, 0.2) is 0 Å². The van der Waals surface area contributed by atoms with E-state index in [2.05, 4.69) is 20.2 Å². The van der Waals surface area contributed by atoms with Crippen LogP contribution in [0.5, 0.6) is 0 Å². The molecule has 1 aliphatic rings. The van der Waals surface area contributed by atoms with Crippen molar-refractivity contribution in [1.82, 2.24) is 29.3 Å². The predicted octanol–water partition coefficient (Wildman–Crippen LogP) is 3.29. The number of H-pyrrole nitrogens is 1. The van der Waals surface area contributed by atoms with Gasteiger partial charge in [0.2, 0.25) is 11.1 Å². The number of benzene rings is 1. The van der Waals surface area contributed by atoms with E-state index in [4.69, 9.17) is 4.74 Å². The number of nitrogens with zero attached hydrogens (tertiary/aromatic N) is 5. The minimum absolute atomic E-state index is 0.0382. The Hall–Kier alpha value is -3.76. The third-order valence-corrected chi connectivity index (χ3v) is 7.05. The fourth-order valence-corrected chi connectivity index (χ4v) is 5.07. The lowest BCUT2D eigenvalue weighted by Gasteiger charge is -2.12. The molecule has 10 heteroatoms. The van der Waals surface area contributed by atoms with E-state index in [1.165, 1.54) is 16.3 Å². The molecular weight excluding hydrogens is 464 g/mol. The summed E-state index contributed by atoms with van der Waals surface area (Å²) < 4.78 is 8.71. The van der Waals surface area contributed by atoms with Crippen LogP contribution in [0.2, 0.25) is 0 Å². The second-order valence-electron chi connectivity index (χ2n) is 8.47. The first-order chi connectivity index (χ1) is 17.2. The maximum Gasteiger partial charge on any atom is 0.266 e. The number of fused-ring (bicyclic) bond motifs is 2. The standard InChI is InChI=1S/C25H22N6O3S/c32-22-18-13-19-21(26-20(18)8-10-30(22)14-17-7-4-12-34-17)9-11-31(23(19)33)24-27-25(29-28-24)35-15-16-5-2-1-3-6-16/h1-3,5-6,8-11,13,17H,4,7,12,14-15H2,(H,27,28,29). The number of aromatic nitrogens is 6. The molecule has 5 aromatic rings. The van der Waals surface area contributed by atoms with Gasteiger partial charge in [-0.05, 0) is 36.6 Å². The first-order valence-corrected chi connectivity index (χ1v) is 12.4. The number of rotatable bonds is 6. The van der Waals surface area contributed by atoms with Crippen molar-refractivity contribution in [2.75, 3.05) is 6.61 Å². The molecule has 0 spiro atoms. The molecule has 6 rings (SSSR count). The lowest BCUT2D eigenvalue weighted by molar-refractivity contribution is 0.0963. The summed E-state index contributed by atoms with van der Waals surface area (Å²) in [5, 5.41) is 8.38. The van der Waals surface area contributed by atoms with Crippen LogP contribution in [0.15, 0.2) is 75.7 Å². The molecule has 1 saturated heterocycles. The molecule has 0 bridgehead atoms. The number of ether oxygens (including phenoxy) is 1. The molecule has 1 unspecified atom stereocenters. The van der Waals surface area contributed by atoms with Gasteiger partial charge in [0, 0.05) is 24.8 Å². The molecule has 0 saturated carbocycles. The van der Waals surface area contributed by atoms with Crippen LogP contribution in [0.25, 0.3) is 27.8 Å². The maximum atomic E-state index is 13.3. The van der Waals surface area contributed by atoms with Crippen LogP contribution < -0.4 is 11.1 Å². The molecule has 0 amide bonds. The Bertz CT molecular complexity index is 1640. The van der Waals surface area contributed by atoms with Gasteiger partial charge in [-0.15, -0.1) is 5.10 Å². The molecule has 35 heavy (non-hydrogen) atoms. The summed E-state index contributed by atoms with van der Waals surface area (Å²) in [5.74, 6) is 1.04. The maximum absolute atomic E-state index is 13.3. The highest BCUT2D eigenvalue weighted by molar-refractivity contribution is 7.98. The van der Waals surface area contributed by atoms with E-state index in [1.807, 2.05) is 36.4 Å². The Morgan fingerprint density at radius 3 is 2.60 bits per heavy atom.